The minimum absolute atomic E-state index is 0.139. The SMILES string of the molecule is O=C(O)Cc1ccc2c(c1)CCN(C1CCC1)CC2. The molecule has 19 heavy (non-hydrogen) atoms. The molecule has 0 radical (unpaired) electrons. The fraction of sp³-hybridized carbons (Fsp3) is 0.562. The average molecular weight is 259 g/mol. The Labute approximate surface area is 114 Å². The van der Waals surface area contributed by atoms with Crippen LogP contribution in [0.5, 0.6) is 0 Å². The number of carboxylic acids is 1. The van der Waals surface area contributed by atoms with Crippen LogP contribution in [0.25, 0.3) is 0 Å². The van der Waals surface area contributed by atoms with Crippen molar-refractivity contribution in [2.45, 2.75) is 44.6 Å². The van der Waals surface area contributed by atoms with Crippen LogP contribution in [0.4, 0.5) is 0 Å². The van der Waals surface area contributed by atoms with Crippen molar-refractivity contribution in [3.05, 3.63) is 34.9 Å². The number of carboxylic acid groups (broad SMARTS) is 1. The van der Waals surface area contributed by atoms with Crippen LogP contribution in [0.2, 0.25) is 0 Å². The number of carbonyl (C=O) groups is 1. The number of nitrogens with zero attached hydrogens (tertiary/aromatic N) is 1. The van der Waals surface area contributed by atoms with Crippen LogP contribution in [0.1, 0.15) is 36.0 Å². The Hall–Kier alpha value is -1.35. The second-order valence-corrected chi connectivity index (χ2v) is 5.79. The van der Waals surface area contributed by atoms with Crippen LogP contribution in [-0.2, 0) is 24.1 Å². The Morgan fingerprint density at radius 2 is 1.95 bits per heavy atom. The normalized spacial score (nSPS) is 20.4. The molecule has 1 heterocycles. The first-order valence-electron chi connectivity index (χ1n) is 7.29. The van der Waals surface area contributed by atoms with E-state index in [0.29, 0.717) is 0 Å². The molecule has 1 fully saturated rings. The van der Waals surface area contributed by atoms with Gasteiger partial charge in [0, 0.05) is 19.1 Å². The summed E-state index contributed by atoms with van der Waals surface area (Å²) in [6.45, 7) is 2.30. The van der Waals surface area contributed by atoms with Gasteiger partial charge in [0.2, 0.25) is 0 Å². The van der Waals surface area contributed by atoms with E-state index in [2.05, 4.69) is 17.0 Å². The zero-order valence-corrected chi connectivity index (χ0v) is 11.3. The molecule has 1 aliphatic heterocycles. The number of hydrogen-bond acceptors (Lipinski definition) is 2. The van der Waals surface area contributed by atoms with Crippen LogP contribution in [-0.4, -0.2) is 35.1 Å². The van der Waals surface area contributed by atoms with Gasteiger partial charge < -0.3 is 5.11 Å². The van der Waals surface area contributed by atoms with Crippen molar-refractivity contribution in [2.24, 2.45) is 0 Å². The lowest BCUT2D eigenvalue weighted by Crippen LogP contribution is -2.41. The predicted molar refractivity (Wildman–Crippen MR) is 74.4 cm³/mol. The van der Waals surface area contributed by atoms with Gasteiger partial charge in [0.1, 0.15) is 0 Å². The molecule has 1 N–H and O–H groups in total. The fourth-order valence-electron chi connectivity index (χ4n) is 3.20. The highest BCUT2D eigenvalue weighted by Gasteiger charge is 2.26. The summed E-state index contributed by atoms with van der Waals surface area (Å²) in [5.74, 6) is -0.746. The van der Waals surface area contributed by atoms with Gasteiger partial charge in [0.15, 0.2) is 0 Å². The molecule has 1 saturated carbocycles. The topological polar surface area (TPSA) is 40.5 Å². The van der Waals surface area contributed by atoms with Gasteiger partial charge in [-0.05, 0) is 42.4 Å². The van der Waals surface area contributed by atoms with E-state index in [1.165, 1.54) is 30.4 Å². The zero-order chi connectivity index (χ0) is 13.2. The average Bonchev–Trinajstić information content (AvgIpc) is 2.49. The summed E-state index contributed by atoms with van der Waals surface area (Å²) in [7, 11) is 0. The van der Waals surface area contributed by atoms with E-state index < -0.39 is 5.97 Å². The van der Waals surface area contributed by atoms with Crippen molar-refractivity contribution in [1.29, 1.82) is 0 Å². The zero-order valence-electron chi connectivity index (χ0n) is 11.3. The van der Waals surface area contributed by atoms with Crippen molar-refractivity contribution in [3.8, 4) is 0 Å². The lowest BCUT2D eigenvalue weighted by atomic mass is 9.91. The van der Waals surface area contributed by atoms with Crippen LogP contribution in [0.3, 0.4) is 0 Å². The summed E-state index contributed by atoms with van der Waals surface area (Å²) in [6.07, 6.45) is 6.43. The van der Waals surface area contributed by atoms with Crippen LogP contribution in [0, 0.1) is 0 Å². The van der Waals surface area contributed by atoms with E-state index >= 15 is 0 Å². The highest BCUT2D eigenvalue weighted by Crippen LogP contribution is 2.27. The summed E-state index contributed by atoms with van der Waals surface area (Å²) in [5.41, 5.74) is 3.71. The lowest BCUT2D eigenvalue weighted by molar-refractivity contribution is -0.136. The molecule has 0 spiro atoms. The molecule has 1 aliphatic carbocycles. The Morgan fingerprint density at radius 1 is 1.21 bits per heavy atom. The number of hydrogen-bond donors (Lipinski definition) is 1. The predicted octanol–water partition coefficient (Wildman–Crippen LogP) is 2.27. The molecule has 3 nitrogen and oxygen atoms in total. The minimum atomic E-state index is -0.746. The maximum Gasteiger partial charge on any atom is 0.307 e. The second-order valence-electron chi connectivity index (χ2n) is 5.79. The van der Waals surface area contributed by atoms with E-state index in [1.807, 2.05) is 6.07 Å². The molecule has 0 atom stereocenters. The van der Waals surface area contributed by atoms with Crippen LogP contribution < -0.4 is 0 Å². The maximum atomic E-state index is 10.8. The van der Waals surface area contributed by atoms with E-state index in [4.69, 9.17) is 5.11 Å². The monoisotopic (exact) mass is 259 g/mol. The van der Waals surface area contributed by atoms with Gasteiger partial charge in [-0.25, -0.2) is 0 Å². The van der Waals surface area contributed by atoms with E-state index in [1.54, 1.807) is 0 Å². The first-order chi connectivity index (χ1) is 9.22. The molecule has 1 aromatic carbocycles. The summed E-state index contributed by atoms with van der Waals surface area (Å²) in [6, 6.07) is 7.03. The maximum absolute atomic E-state index is 10.8. The van der Waals surface area contributed by atoms with E-state index in [9.17, 15) is 4.79 Å². The largest absolute Gasteiger partial charge is 0.481 e. The van der Waals surface area contributed by atoms with E-state index in [0.717, 1.165) is 37.5 Å². The molecular weight excluding hydrogens is 238 g/mol. The van der Waals surface area contributed by atoms with Gasteiger partial charge in [0.05, 0.1) is 6.42 Å². The van der Waals surface area contributed by atoms with Gasteiger partial charge in [-0.2, -0.15) is 0 Å². The first kappa shape index (κ1) is 12.7. The van der Waals surface area contributed by atoms with Crippen molar-refractivity contribution < 1.29 is 9.90 Å². The van der Waals surface area contributed by atoms with Gasteiger partial charge in [0.25, 0.3) is 0 Å². The third-order valence-corrected chi connectivity index (χ3v) is 4.55. The number of fused-ring (bicyclic) bond motifs is 1. The first-order valence-corrected chi connectivity index (χ1v) is 7.29. The number of rotatable bonds is 3. The Morgan fingerprint density at radius 3 is 2.58 bits per heavy atom. The third kappa shape index (κ3) is 2.81. The second kappa shape index (κ2) is 5.33. The van der Waals surface area contributed by atoms with Gasteiger partial charge >= 0.3 is 5.97 Å². The molecule has 1 aromatic rings. The number of benzene rings is 1. The molecule has 0 amide bonds. The smallest absolute Gasteiger partial charge is 0.307 e. The Kier molecular flexibility index (Phi) is 3.56. The molecule has 102 valence electrons. The standard InChI is InChI=1S/C16H21NO2/c18-16(19)11-12-4-5-13-6-8-17(15-2-1-3-15)9-7-14(13)10-12/h4-5,10,15H,1-3,6-9,11H2,(H,18,19). The molecule has 3 rings (SSSR count). The highest BCUT2D eigenvalue weighted by atomic mass is 16.4. The summed E-state index contributed by atoms with van der Waals surface area (Å²) in [5, 5.41) is 8.87. The van der Waals surface area contributed by atoms with Gasteiger partial charge in [-0.1, -0.05) is 24.6 Å². The molecule has 0 aromatic heterocycles. The lowest BCUT2D eigenvalue weighted by Gasteiger charge is -2.36. The van der Waals surface area contributed by atoms with Crippen LogP contribution >= 0.6 is 0 Å². The van der Waals surface area contributed by atoms with Crippen molar-refractivity contribution >= 4 is 5.97 Å². The molecule has 0 bridgehead atoms. The molecule has 0 saturated heterocycles. The molecule has 3 heteroatoms. The van der Waals surface area contributed by atoms with Crippen molar-refractivity contribution in [3.63, 3.8) is 0 Å². The Bertz CT molecular complexity index is 480. The van der Waals surface area contributed by atoms with Crippen LogP contribution in [0.15, 0.2) is 18.2 Å². The third-order valence-electron chi connectivity index (χ3n) is 4.55. The van der Waals surface area contributed by atoms with E-state index in [-0.39, 0.29) is 6.42 Å². The molecule has 0 unspecified atom stereocenters. The van der Waals surface area contributed by atoms with Crippen molar-refractivity contribution in [2.75, 3.05) is 13.1 Å². The quantitative estimate of drug-likeness (QED) is 0.905. The summed E-state index contributed by atoms with van der Waals surface area (Å²) in [4.78, 5) is 13.4. The highest BCUT2D eigenvalue weighted by molar-refractivity contribution is 5.70. The van der Waals surface area contributed by atoms with Gasteiger partial charge in [-0.3, -0.25) is 9.69 Å². The Balaban J connectivity index is 1.72. The summed E-state index contributed by atoms with van der Waals surface area (Å²) < 4.78 is 0. The van der Waals surface area contributed by atoms with Crippen molar-refractivity contribution in [1.82, 2.24) is 4.90 Å². The summed E-state index contributed by atoms with van der Waals surface area (Å²) >= 11 is 0. The molecule has 2 aliphatic rings. The minimum Gasteiger partial charge on any atom is -0.481 e. The molecular formula is C16H21NO2. The fourth-order valence-corrected chi connectivity index (χ4v) is 3.20. The number of aliphatic carboxylic acids is 1. The van der Waals surface area contributed by atoms with Gasteiger partial charge in [-0.15, -0.1) is 0 Å².